The van der Waals surface area contributed by atoms with E-state index < -0.39 is 0 Å². The summed E-state index contributed by atoms with van der Waals surface area (Å²) in [5.74, 6) is 0.776. The van der Waals surface area contributed by atoms with E-state index >= 15 is 0 Å². The molecule has 2 heterocycles. The molecule has 0 aliphatic rings. The Labute approximate surface area is 130 Å². The lowest BCUT2D eigenvalue weighted by atomic mass is 10.2. The molecule has 106 valence electrons. The van der Waals surface area contributed by atoms with Crippen LogP contribution in [0.3, 0.4) is 0 Å². The van der Waals surface area contributed by atoms with Crippen molar-refractivity contribution in [3.63, 3.8) is 0 Å². The number of fused-ring (bicyclic) bond motifs is 1. The summed E-state index contributed by atoms with van der Waals surface area (Å²) in [5.41, 5.74) is 1.97. The summed E-state index contributed by atoms with van der Waals surface area (Å²) in [4.78, 5) is 8.53. The van der Waals surface area contributed by atoms with Gasteiger partial charge in [0.15, 0.2) is 5.65 Å². The van der Waals surface area contributed by atoms with Crippen molar-refractivity contribution in [3.8, 4) is 0 Å². The first-order valence-corrected chi connectivity index (χ1v) is 7.33. The van der Waals surface area contributed by atoms with E-state index in [1.54, 1.807) is 11.0 Å². The van der Waals surface area contributed by atoms with Gasteiger partial charge in [-0.25, -0.2) is 14.6 Å². The number of nitrogens with zero attached hydrogens (tertiary/aromatic N) is 4. The Morgan fingerprint density at radius 3 is 2.86 bits per heavy atom. The monoisotopic (exact) mass is 343 g/mol. The van der Waals surface area contributed by atoms with Crippen LogP contribution >= 0.6 is 15.9 Å². The highest BCUT2D eigenvalue weighted by atomic mass is 79.9. The van der Waals surface area contributed by atoms with Gasteiger partial charge in [-0.3, -0.25) is 0 Å². The van der Waals surface area contributed by atoms with Crippen molar-refractivity contribution in [2.24, 2.45) is 7.05 Å². The van der Waals surface area contributed by atoms with Crippen LogP contribution in [0.1, 0.15) is 5.56 Å². The van der Waals surface area contributed by atoms with Crippen LogP contribution in [0.15, 0.2) is 47.3 Å². The zero-order valence-electron chi connectivity index (χ0n) is 11.5. The van der Waals surface area contributed by atoms with Crippen molar-refractivity contribution in [1.82, 2.24) is 19.7 Å². The molecule has 21 heavy (non-hydrogen) atoms. The predicted molar refractivity (Wildman–Crippen MR) is 88.0 cm³/mol. The highest BCUT2D eigenvalue weighted by Crippen LogP contribution is 2.26. The van der Waals surface area contributed by atoms with Crippen molar-refractivity contribution in [2.45, 2.75) is 0 Å². The van der Waals surface area contributed by atoms with Crippen molar-refractivity contribution in [1.29, 1.82) is 0 Å². The van der Waals surface area contributed by atoms with Gasteiger partial charge >= 0.3 is 0 Å². The minimum Gasteiger partial charge on any atom is -0.366 e. The molecule has 0 aliphatic carbocycles. The smallest absolute Gasteiger partial charge is 0.164 e. The Hall–Kier alpha value is -2.21. The minimum absolute atomic E-state index is 0.683. The maximum Gasteiger partial charge on any atom is 0.164 e. The van der Waals surface area contributed by atoms with Crippen LogP contribution in [-0.2, 0) is 7.05 Å². The van der Waals surface area contributed by atoms with Crippen LogP contribution in [0.5, 0.6) is 0 Å². The van der Waals surface area contributed by atoms with E-state index in [4.69, 9.17) is 0 Å². The molecule has 0 bridgehead atoms. The highest BCUT2D eigenvalue weighted by molar-refractivity contribution is 9.10. The molecule has 6 heteroatoms. The number of benzene rings is 1. The third kappa shape index (κ3) is 2.95. The van der Waals surface area contributed by atoms with Crippen LogP contribution in [0.2, 0.25) is 0 Å². The fourth-order valence-electron chi connectivity index (χ4n) is 2.09. The van der Waals surface area contributed by atoms with E-state index in [1.807, 2.05) is 25.2 Å². The molecule has 3 rings (SSSR count). The summed E-state index contributed by atoms with van der Waals surface area (Å²) >= 11 is 3.44. The number of hydrogen-bond acceptors (Lipinski definition) is 4. The van der Waals surface area contributed by atoms with Gasteiger partial charge in [0.05, 0.1) is 5.39 Å². The van der Waals surface area contributed by atoms with E-state index in [0.717, 1.165) is 21.5 Å². The first kappa shape index (κ1) is 13.8. The number of aromatic nitrogens is 4. The van der Waals surface area contributed by atoms with Crippen LogP contribution in [-0.4, -0.2) is 26.3 Å². The van der Waals surface area contributed by atoms with Gasteiger partial charge in [0, 0.05) is 13.6 Å². The second kappa shape index (κ2) is 6.05. The maximum absolute atomic E-state index is 4.30. The van der Waals surface area contributed by atoms with E-state index in [1.165, 1.54) is 5.56 Å². The van der Waals surface area contributed by atoms with Crippen molar-refractivity contribution in [2.75, 3.05) is 11.9 Å². The summed E-state index contributed by atoms with van der Waals surface area (Å²) in [6.45, 7) is 0.683. The van der Waals surface area contributed by atoms with Gasteiger partial charge in [0.2, 0.25) is 0 Å². The second-order valence-electron chi connectivity index (χ2n) is 4.53. The second-order valence-corrected chi connectivity index (χ2v) is 5.28. The molecule has 0 saturated heterocycles. The molecule has 0 atom stereocenters. The van der Waals surface area contributed by atoms with Gasteiger partial charge in [-0.05, 0) is 21.5 Å². The number of anilines is 1. The van der Waals surface area contributed by atoms with Gasteiger partial charge in [-0.1, -0.05) is 42.5 Å². The number of aryl methyl sites for hydroxylation is 1. The predicted octanol–water partition coefficient (Wildman–Crippen LogP) is 3.25. The van der Waals surface area contributed by atoms with Gasteiger partial charge < -0.3 is 5.32 Å². The van der Waals surface area contributed by atoms with Gasteiger partial charge in [0.1, 0.15) is 16.7 Å². The summed E-state index contributed by atoms with van der Waals surface area (Å²) < 4.78 is 2.47. The lowest BCUT2D eigenvalue weighted by molar-refractivity contribution is 0.777. The Morgan fingerprint density at radius 1 is 1.24 bits per heavy atom. The zero-order chi connectivity index (χ0) is 14.7. The number of hydrogen-bond donors (Lipinski definition) is 1. The van der Waals surface area contributed by atoms with Crippen LogP contribution < -0.4 is 5.32 Å². The fourth-order valence-corrected chi connectivity index (χ4v) is 2.69. The number of nitrogens with one attached hydrogen (secondary N) is 1. The molecular formula is C15H14BrN5. The van der Waals surface area contributed by atoms with Crippen LogP contribution in [0.4, 0.5) is 5.82 Å². The first-order chi connectivity index (χ1) is 10.3. The van der Waals surface area contributed by atoms with Crippen molar-refractivity contribution >= 4 is 38.9 Å². The highest BCUT2D eigenvalue weighted by Gasteiger charge is 2.12. The van der Waals surface area contributed by atoms with Crippen molar-refractivity contribution < 1.29 is 0 Å². The third-order valence-corrected chi connectivity index (χ3v) is 3.63. The fraction of sp³-hybridized carbons (Fsp3) is 0.133. The molecule has 0 radical (unpaired) electrons. The van der Waals surface area contributed by atoms with E-state index in [0.29, 0.717) is 6.54 Å². The lowest BCUT2D eigenvalue weighted by Gasteiger charge is -2.03. The Kier molecular flexibility index (Phi) is 3.96. The van der Waals surface area contributed by atoms with Crippen molar-refractivity contribution in [3.05, 3.63) is 52.9 Å². The Bertz CT molecular complexity index is 779. The normalized spacial score (nSPS) is 11.3. The summed E-state index contributed by atoms with van der Waals surface area (Å²) in [6, 6.07) is 10.2. The number of halogens is 1. The van der Waals surface area contributed by atoms with E-state index in [9.17, 15) is 0 Å². The SMILES string of the molecule is Cn1nc(Br)c2c(NC/C=C/c3ccccc3)ncnc21. The summed E-state index contributed by atoms with van der Waals surface area (Å²) in [6.07, 6.45) is 5.68. The lowest BCUT2D eigenvalue weighted by Crippen LogP contribution is -2.02. The standard InChI is InChI=1S/C15H14BrN5/c1-21-15-12(13(16)20-21)14(18-10-19-15)17-9-5-8-11-6-3-2-4-7-11/h2-8,10H,9H2,1H3,(H,17,18,19)/b8-5+. The van der Waals surface area contributed by atoms with Gasteiger partial charge in [-0.15, -0.1) is 0 Å². The Balaban J connectivity index is 1.75. The largest absolute Gasteiger partial charge is 0.366 e. The molecule has 1 N–H and O–H groups in total. The zero-order valence-corrected chi connectivity index (χ0v) is 13.1. The molecule has 1 aromatic carbocycles. The minimum atomic E-state index is 0.683. The first-order valence-electron chi connectivity index (χ1n) is 6.54. The van der Waals surface area contributed by atoms with E-state index in [2.05, 4.69) is 60.6 Å². The Morgan fingerprint density at radius 2 is 2.05 bits per heavy atom. The summed E-state index contributed by atoms with van der Waals surface area (Å²) in [5, 5.41) is 8.49. The molecule has 0 unspecified atom stereocenters. The topological polar surface area (TPSA) is 55.6 Å². The van der Waals surface area contributed by atoms with Crippen LogP contribution in [0.25, 0.3) is 17.1 Å². The molecular weight excluding hydrogens is 330 g/mol. The van der Waals surface area contributed by atoms with E-state index in [-0.39, 0.29) is 0 Å². The van der Waals surface area contributed by atoms with Gasteiger partial charge in [0.25, 0.3) is 0 Å². The van der Waals surface area contributed by atoms with Gasteiger partial charge in [-0.2, -0.15) is 5.10 Å². The molecule has 5 nitrogen and oxygen atoms in total. The molecule has 3 aromatic rings. The average molecular weight is 344 g/mol. The molecule has 0 aliphatic heterocycles. The maximum atomic E-state index is 4.30. The molecule has 0 spiro atoms. The average Bonchev–Trinajstić information content (AvgIpc) is 2.80. The number of rotatable bonds is 4. The quantitative estimate of drug-likeness (QED) is 0.789. The van der Waals surface area contributed by atoms with Crippen LogP contribution in [0, 0.1) is 0 Å². The molecule has 0 saturated carbocycles. The molecule has 0 fully saturated rings. The summed E-state index contributed by atoms with van der Waals surface area (Å²) in [7, 11) is 1.86. The molecule has 0 amide bonds. The molecule has 2 aromatic heterocycles. The third-order valence-electron chi connectivity index (χ3n) is 3.08.